The molecule has 1 N–H and O–H groups in total. The predicted molar refractivity (Wildman–Crippen MR) is 122 cm³/mol. The number of carbonyl (C=O) groups is 3. The molecule has 0 aromatic carbocycles. The number of likely N-dealkylation sites (tertiary alicyclic amines) is 1. The van der Waals surface area contributed by atoms with E-state index in [4.69, 9.17) is 4.42 Å². The first-order chi connectivity index (χ1) is 16.6. The van der Waals surface area contributed by atoms with Crippen LogP contribution in [0.5, 0.6) is 0 Å². The van der Waals surface area contributed by atoms with Gasteiger partial charge in [-0.25, -0.2) is 0 Å². The number of hydrogen-bond acceptors (Lipinski definition) is 6. The highest BCUT2D eigenvalue weighted by atomic mass is 16.3. The van der Waals surface area contributed by atoms with Gasteiger partial charge in [0.2, 0.25) is 5.91 Å². The van der Waals surface area contributed by atoms with Crippen LogP contribution in [0.4, 0.5) is 0 Å². The number of piperidine rings is 1. The molecule has 2 aliphatic heterocycles. The zero-order valence-electron chi connectivity index (χ0n) is 18.7. The number of furan rings is 1. The maximum Gasteiger partial charge on any atom is 0.289 e. The number of aromatic amines is 1. The molecule has 3 aromatic rings. The Labute approximate surface area is 196 Å². The van der Waals surface area contributed by atoms with Crippen molar-refractivity contribution in [2.45, 2.75) is 12.8 Å². The molecule has 1 atom stereocenters. The minimum atomic E-state index is -0.245. The fraction of sp³-hybridized carbons (Fsp3) is 0.375. The van der Waals surface area contributed by atoms with Gasteiger partial charge in [-0.2, -0.15) is 5.10 Å². The van der Waals surface area contributed by atoms with Crippen molar-refractivity contribution < 1.29 is 18.8 Å². The van der Waals surface area contributed by atoms with E-state index in [1.54, 1.807) is 45.3 Å². The summed E-state index contributed by atoms with van der Waals surface area (Å²) in [7, 11) is 0. The highest BCUT2D eigenvalue weighted by Crippen LogP contribution is 2.23. The number of aromatic nitrogens is 3. The van der Waals surface area contributed by atoms with Crippen LogP contribution < -0.4 is 0 Å². The fourth-order valence-electron chi connectivity index (χ4n) is 4.57. The Morgan fingerprint density at radius 3 is 2.53 bits per heavy atom. The summed E-state index contributed by atoms with van der Waals surface area (Å²) < 4.78 is 5.20. The molecule has 0 aliphatic carbocycles. The van der Waals surface area contributed by atoms with E-state index in [2.05, 4.69) is 15.2 Å². The third kappa shape index (κ3) is 4.43. The molecule has 3 aromatic heterocycles. The Bertz CT molecular complexity index is 1150. The summed E-state index contributed by atoms with van der Waals surface area (Å²) >= 11 is 0. The van der Waals surface area contributed by atoms with E-state index in [0.717, 1.165) is 18.4 Å². The Morgan fingerprint density at radius 1 is 0.971 bits per heavy atom. The van der Waals surface area contributed by atoms with Crippen molar-refractivity contribution in [2.75, 3.05) is 39.3 Å². The maximum absolute atomic E-state index is 13.2. The van der Waals surface area contributed by atoms with E-state index < -0.39 is 0 Å². The van der Waals surface area contributed by atoms with E-state index in [1.807, 2.05) is 12.1 Å². The number of nitrogens with zero attached hydrogens (tertiary/aromatic N) is 5. The average Bonchev–Trinajstić information content (AvgIpc) is 3.61. The molecule has 2 aliphatic rings. The van der Waals surface area contributed by atoms with Gasteiger partial charge in [0.15, 0.2) is 5.76 Å². The second-order valence-corrected chi connectivity index (χ2v) is 8.59. The van der Waals surface area contributed by atoms with Gasteiger partial charge in [0, 0.05) is 57.2 Å². The standard InChI is InChI=1S/C24H26N6O4/c31-22(28-9-11-29(12-10-28)24(33)21-6-3-13-34-21)18-5-2-8-30(16-18)23(32)20-14-19(26-27-20)17-4-1-7-25-15-17/h1,3-4,6-7,13-15,18H,2,5,8-12,16H2,(H,26,27). The fourth-order valence-corrected chi connectivity index (χ4v) is 4.57. The molecule has 34 heavy (non-hydrogen) atoms. The van der Waals surface area contributed by atoms with Crippen molar-refractivity contribution in [3.63, 3.8) is 0 Å². The molecule has 2 saturated heterocycles. The lowest BCUT2D eigenvalue weighted by Crippen LogP contribution is -2.54. The molecule has 5 rings (SSSR count). The van der Waals surface area contributed by atoms with Crippen LogP contribution in [-0.2, 0) is 4.79 Å². The predicted octanol–water partition coefficient (Wildman–Crippen LogP) is 1.90. The van der Waals surface area contributed by atoms with Gasteiger partial charge in [0.05, 0.1) is 17.9 Å². The van der Waals surface area contributed by atoms with Crippen molar-refractivity contribution in [1.82, 2.24) is 29.9 Å². The lowest BCUT2D eigenvalue weighted by atomic mass is 9.96. The molecule has 10 heteroatoms. The van der Waals surface area contributed by atoms with Gasteiger partial charge in [-0.05, 0) is 43.2 Å². The average molecular weight is 463 g/mol. The molecule has 10 nitrogen and oxygen atoms in total. The first-order valence-corrected chi connectivity index (χ1v) is 11.5. The molecule has 5 heterocycles. The molecule has 0 radical (unpaired) electrons. The van der Waals surface area contributed by atoms with E-state index >= 15 is 0 Å². The number of rotatable bonds is 4. The maximum atomic E-state index is 13.2. The Morgan fingerprint density at radius 2 is 1.79 bits per heavy atom. The van der Waals surface area contributed by atoms with Crippen LogP contribution in [0.2, 0.25) is 0 Å². The van der Waals surface area contributed by atoms with Crippen LogP contribution in [0.25, 0.3) is 11.3 Å². The normalized spacial score (nSPS) is 18.7. The summed E-state index contributed by atoms with van der Waals surface area (Å²) in [5.74, 6) is -0.202. The van der Waals surface area contributed by atoms with E-state index in [9.17, 15) is 14.4 Å². The van der Waals surface area contributed by atoms with Crippen LogP contribution in [-0.4, -0.2) is 86.9 Å². The molecule has 0 bridgehead atoms. The largest absolute Gasteiger partial charge is 0.459 e. The SMILES string of the molecule is O=C(c1cc(-c2cccnc2)n[nH]1)N1CCCC(C(=O)N2CCN(C(=O)c3ccco3)CC2)C1. The van der Waals surface area contributed by atoms with Crippen LogP contribution in [0.15, 0.2) is 53.4 Å². The van der Waals surface area contributed by atoms with E-state index in [1.165, 1.54) is 6.26 Å². The Hall–Kier alpha value is -3.95. The molecular formula is C24H26N6O4. The lowest BCUT2D eigenvalue weighted by Gasteiger charge is -2.38. The third-order valence-electron chi connectivity index (χ3n) is 6.43. The van der Waals surface area contributed by atoms with Gasteiger partial charge in [-0.15, -0.1) is 0 Å². The quantitative estimate of drug-likeness (QED) is 0.633. The van der Waals surface area contributed by atoms with Crippen molar-refractivity contribution in [3.05, 3.63) is 60.4 Å². The van der Waals surface area contributed by atoms with Crippen molar-refractivity contribution in [2.24, 2.45) is 5.92 Å². The second-order valence-electron chi connectivity index (χ2n) is 8.59. The highest BCUT2D eigenvalue weighted by Gasteiger charge is 2.34. The minimum Gasteiger partial charge on any atom is -0.459 e. The number of piperazine rings is 1. The molecule has 1 unspecified atom stereocenters. The number of H-pyrrole nitrogens is 1. The van der Waals surface area contributed by atoms with E-state index in [-0.39, 0.29) is 23.6 Å². The van der Waals surface area contributed by atoms with Crippen molar-refractivity contribution in [1.29, 1.82) is 0 Å². The number of pyridine rings is 1. The number of nitrogens with one attached hydrogen (secondary N) is 1. The highest BCUT2D eigenvalue weighted by molar-refractivity contribution is 5.94. The molecule has 3 amide bonds. The minimum absolute atomic E-state index is 0.0447. The molecule has 2 fully saturated rings. The Kier molecular flexibility index (Phi) is 6.11. The summed E-state index contributed by atoms with van der Waals surface area (Å²) in [6.07, 6.45) is 6.37. The summed E-state index contributed by atoms with van der Waals surface area (Å²) in [4.78, 5) is 48.1. The van der Waals surface area contributed by atoms with Gasteiger partial charge in [0.25, 0.3) is 11.8 Å². The van der Waals surface area contributed by atoms with Gasteiger partial charge in [-0.3, -0.25) is 24.5 Å². The van der Waals surface area contributed by atoms with Gasteiger partial charge in [-0.1, -0.05) is 0 Å². The van der Waals surface area contributed by atoms with E-state index in [0.29, 0.717) is 56.4 Å². The topological polar surface area (TPSA) is 116 Å². The monoisotopic (exact) mass is 462 g/mol. The first-order valence-electron chi connectivity index (χ1n) is 11.5. The van der Waals surface area contributed by atoms with Gasteiger partial charge < -0.3 is 19.1 Å². The van der Waals surface area contributed by atoms with Crippen molar-refractivity contribution in [3.8, 4) is 11.3 Å². The lowest BCUT2D eigenvalue weighted by molar-refractivity contribution is -0.138. The van der Waals surface area contributed by atoms with Gasteiger partial charge >= 0.3 is 0 Å². The third-order valence-corrected chi connectivity index (χ3v) is 6.43. The summed E-state index contributed by atoms with van der Waals surface area (Å²) in [6, 6.07) is 8.76. The summed E-state index contributed by atoms with van der Waals surface area (Å²) in [5.41, 5.74) is 1.88. The summed E-state index contributed by atoms with van der Waals surface area (Å²) in [5, 5.41) is 7.07. The molecule has 0 saturated carbocycles. The zero-order chi connectivity index (χ0) is 23.5. The molecule has 0 spiro atoms. The van der Waals surface area contributed by atoms with Crippen LogP contribution in [0.1, 0.15) is 33.9 Å². The van der Waals surface area contributed by atoms with Crippen LogP contribution in [0.3, 0.4) is 0 Å². The zero-order valence-corrected chi connectivity index (χ0v) is 18.7. The smallest absolute Gasteiger partial charge is 0.289 e. The van der Waals surface area contributed by atoms with Crippen LogP contribution >= 0.6 is 0 Å². The molecule has 176 valence electrons. The summed E-state index contributed by atoms with van der Waals surface area (Å²) in [6.45, 7) is 2.87. The number of hydrogen-bond donors (Lipinski definition) is 1. The first kappa shape index (κ1) is 21.9. The van der Waals surface area contributed by atoms with Gasteiger partial charge in [0.1, 0.15) is 5.69 Å². The number of amides is 3. The number of carbonyl (C=O) groups excluding carboxylic acids is 3. The van der Waals surface area contributed by atoms with Crippen LogP contribution in [0, 0.1) is 5.92 Å². The Balaban J connectivity index is 1.18. The molecular weight excluding hydrogens is 436 g/mol. The second kappa shape index (κ2) is 9.50. The van der Waals surface area contributed by atoms with Crippen molar-refractivity contribution >= 4 is 17.7 Å².